The van der Waals surface area contributed by atoms with E-state index < -0.39 is 0 Å². The van der Waals surface area contributed by atoms with E-state index in [0.29, 0.717) is 6.10 Å². The molecule has 80 valence electrons. The molecular weight excluding hydrogens is 184 g/mol. The second-order valence-corrected chi connectivity index (χ2v) is 4.93. The molecule has 0 N–H and O–H groups in total. The second kappa shape index (κ2) is 3.64. The van der Waals surface area contributed by atoms with Gasteiger partial charge in [0, 0.05) is 0 Å². The number of fused-ring (bicyclic) bond motifs is 1. The highest BCUT2D eigenvalue weighted by Gasteiger charge is 2.32. The van der Waals surface area contributed by atoms with Crippen molar-refractivity contribution in [3.8, 4) is 0 Å². The van der Waals surface area contributed by atoms with Gasteiger partial charge >= 0.3 is 0 Å². The summed E-state index contributed by atoms with van der Waals surface area (Å²) in [4.78, 5) is 0. The first kappa shape index (κ1) is 9.41. The summed E-state index contributed by atoms with van der Waals surface area (Å²) in [6.07, 6.45) is 5.61. The summed E-state index contributed by atoms with van der Waals surface area (Å²) in [5.41, 5.74) is 4.36. The molecule has 0 amide bonds. The highest BCUT2D eigenvalue weighted by atomic mass is 16.5. The predicted molar refractivity (Wildman–Crippen MR) is 60.9 cm³/mol. The Kier molecular flexibility index (Phi) is 2.28. The van der Waals surface area contributed by atoms with Crippen LogP contribution in [0.25, 0.3) is 0 Å². The van der Waals surface area contributed by atoms with Crippen molar-refractivity contribution < 1.29 is 4.74 Å². The van der Waals surface area contributed by atoms with E-state index in [1.807, 2.05) is 0 Å². The van der Waals surface area contributed by atoms with Gasteiger partial charge in [-0.25, -0.2) is 0 Å². The lowest BCUT2D eigenvalue weighted by Gasteiger charge is -2.37. The predicted octanol–water partition coefficient (Wildman–Crippen LogP) is 3.41. The van der Waals surface area contributed by atoms with E-state index in [-0.39, 0.29) is 0 Å². The number of rotatable bonds is 1. The summed E-state index contributed by atoms with van der Waals surface area (Å²) in [7, 11) is 0. The number of hydrogen-bond acceptors (Lipinski definition) is 1. The van der Waals surface area contributed by atoms with E-state index in [1.54, 1.807) is 0 Å². The van der Waals surface area contributed by atoms with Gasteiger partial charge in [-0.2, -0.15) is 0 Å². The molecule has 1 nitrogen and oxygen atoms in total. The van der Waals surface area contributed by atoms with Gasteiger partial charge in [-0.1, -0.05) is 30.2 Å². The molecular formula is C14H18O. The molecule has 2 aliphatic rings. The molecule has 1 heterocycles. The molecule has 1 saturated carbocycles. The molecule has 0 saturated heterocycles. The molecule has 1 fully saturated rings. The Bertz CT molecular complexity index is 366. The Balaban J connectivity index is 1.96. The van der Waals surface area contributed by atoms with Crippen molar-refractivity contribution in [1.29, 1.82) is 0 Å². The number of aryl methyl sites for hydroxylation is 1. The van der Waals surface area contributed by atoms with Crippen LogP contribution in [-0.4, -0.2) is 6.61 Å². The fraction of sp³-hybridized carbons (Fsp3) is 0.571. The molecule has 1 aliphatic heterocycles. The monoisotopic (exact) mass is 202 g/mol. The third-order valence-corrected chi connectivity index (χ3v) is 3.85. The largest absolute Gasteiger partial charge is 0.373 e. The average Bonchev–Trinajstić information content (AvgIpc) is 2.16. The number of benzene rings is 1. The molecule has 0 unspecified atom stereocenters. The second-order valence-electron chi connectivity index (χ2n) is 4.93. The van der Waals surface area contributed by atoms with Gasteiger partial charge < -0.3 is 4.74 Å². The summed E-state index contributed by atoms with van der Waals surface area (Å²) < 4.78 is 5.96. The summed E-state index contributed by atoms with van der Waals surface area (Å²) in [5, 5.41) is 0. The van der Waals surface area contributed by atoms with Gasteiger partial charge in [0.1, 0.15) is 0 Å². The smallest absolute Gasteiger partial charge is 0.0855 e. The van der Waals surface area contributed by atoms with Crippen LogP contribution in [0, 0.1) is 12.8 Å². The highest BCUT2D eigenvalue weighted by molar-refractivity contribution is 5.35. The highest BCUT2D eigenvalue weighted by Crippen LogP contribution is 2.43. The Morgan fingerprint density at radius 2 is 2.13 bits per heavy atom. The van der Waals surface area contributed by atoms with Crippen LogP contribution in [-0.2, 0) is 11.2 Å². The van der Waals surface area contributed by atoms with Crippen LogP contribution >= 0.6 is 0 Å². The standard InChI is InChI=1S/C14H18O/c1-10-5-6-11-7-8-15-14(13(11)9-10)12-3-2-4-12/h5-6,9,12,14H,2-4,7-8H2,1H3/t14-/m1/s1. The maximum absolute atomic E-state index is 5.96. The third-order valence-electron chi connectivity index (χ3n) is 3.85. The van der Waals surface area contributed by atoms with Crippen molar-refractivity contribution in [1.82, 2.24) is 0 Å². The van der Waals surface area contributed by atoms with Crippen molar-refractivity contribution >= 4 is 0 Å². The first-order valence-corrected chi connectivity index (χ1v) is 6.05. The Morgan fingerprint density at radius 3 is 2.87 bits per heavy atom. The van der Waals surface area contributed by atoms with E-state index in [4.69, 9.17) is 4.74 Å². The quantitative estimate of drug-likeness (QED) is 0.678. The summed E-state index contributed by atoms with van der Waals surface area (Å²) in [6, 6.07) is 6.85. The van der Waals surface area contributed by atoms with E-state index in [2.05, 4.69) is 25.1 Å². The molecule has 1 aliphatic carbocycles. The molecule has 0 spiro atoms. The molecule has 0 aromatic heterocycles. The molecule has 15 heavy (non-hydrogen) atoms. The van der Waals surface area contributed by atoms with E-state index in [0.717, 1.165) is 18.9 Å². The van der Waals surface area contributed by atoms with Gasteiger partial charge in [0.05, 0.1) is 12.7 Å². The molecule has 1 heteroatoms. The summed E-state index contributed by atoms with van der Waals surface area (Å²) >= 11 is 0. The molecule has 3 rings (SSSR count). The van der Waals surface area contributed by atoms with Crippen LogP contribution in [0.4, 0.5) is 0 Å². The first-order valence-electron chi connectivity index (χ1n) is 6.05. The van der Waals surface area contributed by atoms with Crippen molar-refractivity contribution in [2.75, 3.05) is 6.61 Å². The third kappa shape index (κ3) is 1.59. The molecule has 1 aromatic carbocycles. The van der Waals surface area contributed by atoms with Crippen molar-refractivity contribution in [3.05, 3.63) is 34.9 Å². The van der Waals surface area contributed by atoms with Crippen LogP contribution in [0.1, 0.15) is 42.1 Å². The Morgan fingerprint density at radius 1 is 1.27 bits per heavy atom. The minimum atomic E-state index is 0.405. The lowest BCUT2D eigenvalue weighted by atomic mass is 9.76. The minimum Gasteiger partial charge on any atom is -0.373 e. The summed E-state index contributed by atoms with van der Waals surface area (Å²) in [5.74, 6) is 0.797. The Labute approximate surface area is 91.5 Å². The van der Waals surface area contributed by atoms with E-state index >= 15 is 0 Å². The zero-order chi connectivity index (χ0) is 10.3. The number of ether oxygens (including phenoxy) is 1. The maximum atomic E-state index is 5.96. The SMILES string of the molecule is Cc1ccc2c(c1)[C@@H](C1CCC1)OCC2. The fourth-order valence-corrected chi connectivity index (χ4v) is 2.73. The molecule has 1 aromatic rings. The minimum absolute atomic E-state index is 0.405. The van der Waals surface area contributed by atoms with Crippen molar-refractivity contribution in [2.45, 2.75) is 38.7 Å². The van der Waals surface area contributed by atoms with E-state index in [1.165, 1.54) is 36.0 Å². The van der Waals surface area contributed by atoms with Crippen LogP contribution in [0.15, 0.2) is 18.2 Å². The Hall–Kier alpha value is -0.820. The van der Waals surface area contributed by atoms with Gasteiger partial charge in [0.2, 0.25) is 0 Å². The zero-order valence-electron chi connectivity index (χ0n) is 9.33. The van der Waals surface area contributed by atoms with Crippen LogP contribution < -0.4 is 0 Å². The molecule has 0 radical (unpaired) electrons. The van der Waals surface area contributed by atoms with Crippen LogP contribution in [0.5, 0.6) is 0 Å². The van der Waals surface area contributed by atoms with Gasteiger partial charge in [-0.05, 0) is 43.2 Å². The first-order chi connectivity index (χ1) is 7.34. The van der Waals surface area contributed by atoms with Crippen LogP contribution in [0.3, 0.4) is 0 Å². The van der Waals surface area contributed by atoms with Gasteiger partial charge in [-0.15, -0.1) is 0 Å². The number of hydrogen-bond donors (Lipinski definition) is 0. The molecule has 1 atom stereocenters. The van der Waals surface area contributed by atoms with Crippen molar-refractivity contribution in [2.24, 2.45) is 5.92 Å². The van der Waals surface area contributed by atoms with E-state index in [9.17, 15) is 0 Å². The van der Waals surface area contributed by atoms with Crippen molar-refractivity contribution in [3.63, 3.8) is 0 Å². The lowest BCUT2D eigenvalue weighted by Crippen LogP contribution is -2.27. The van der Waals surface area contributed by atoms with Gasteiger partial charge in [-0.3, -0.25) is 0 Å². The van der Waals surface area contributed by atoms with Gasteiger partial charge in [0.25, 0.3) is 0 Å². The average molecular weight is 202 g/mol. The zero-order valence-corrected chi connectivity index (χ0v) is 9.33. The fourth-order valence-electron chi connectivity index (χ4n) is 2.73. The molecule has 0 bridgehead atoms. The lowest BCUT2D eigenvalue weighted by molar-refractivity contribution is -0.0241. The van der Waals surface area contributed by atoms with Crippen LogP contribution in [0.2, 0.25) is 0 Å². The topological polar surface area (TPSA) is 9.23 Å². The summed E-state index contributed by atoms with van der Waals surface area (Å²) in [6.45, 7) is 3.09. The maximum Gasteiger partial charge on any atom is 0.0855 e. The van der Waals surface area contributed by atoms with Gasteiger partial charge in [0.15, 0.2) is 0 Å². The normalized spacial score (nSPS) is 25.8.